The van der Waals surface area contributed by atoms with Gasteiger partial charge in [-0.05, 0) is 31.5 Å². The van der Waals surface area contributed by atoms with Crippen molar-refractivity contribution in [2.75, 3.05) is 0 Å². The first-order chi connectivity index (χ1) is 10.6. The maximum absolute atomic E-state index is 5.87. The monoisotopic (exact) mass is 335 g/mol. The highest BCUT2D eigenvalue weighted by atomic mass is 35.5. The van der Waals surface area contributed by atoms with E-state index in [0.717, 1.165) is 22.0 Å². The third kappa shape index (κ3) is 3.34. The lowest BCUT2D eigenvalue weighted by Crippen LogP contribution is -1.87. The van der Waals surface area contributed by atoms with E-state index in [1.165, 1.54) is 5.56 Å². The van der Waals surface area contributed by atoms with Gasteiger partial charge in [-0.2, -0.15) is 4.98 Å². The van der Waals surface area contributed by atoms with Crippen molar-refractivity contribution < 1.29 is 9.05 Å². The lowest BCUT2D eigenvalue weighted by Gasteiger charge is -1.99. The number of rotatable bonds is 5. The molecule has 7 heteroatoms. The Balaban J connectivity index is 1.61. The van der Waals surface area contributed by atoms with Crippen LogP contribution in [-0.4, -0.2) is 15.3 Å². The van der Waals surface area contributed by atoms with Crippen LogP contribution in [0.3, 0.4) is 0 Å². The predicted molar refractivity (Wildman–Crippen MR) is 85.7 cm³/mol. The molecule has 0 fully saturated rings. The quantitative estimate of drug-likeness (QED) is 0.687. The van der Waals surface area contributed by atoms with Crippen LogP contribution in [0.2, 0.25) is 5.02 Å². The molecule has 2 aromatic heterocycles. The fourth-order valence-electron chi connectivity index (χ4n) is 2.04. The second-order valence-corrected chi connectivity index (χ2v) is 6.26. The Morgan fingerprint density at radius 2 is 1.82 bits per heavy atom. The largest absolute Gasteiger partial charge is 0.361 e. The fourth-order valence-corrected chi connectivity index (χ4v) is 3.00. The van der Waals surface area contributed by atoms with Crippen molar-refractivity contribution in [3.63, 3.8) is 0 Å². The van der Waals surface area contributed by atoms with Crippen molar-refractivity contribution >= 4 is 23.4 Å². The van der Waals surface area contributed by atoms with Crippen LogP contribution in [0.1, 0.15) is 22.8 Å². The molecule has 3 rings (SSSR count). The van der Waals surface area contributed by atoms with Gasteiger partial charge in [0.05, 0.1) is 11.4 Å². The Morgan fingerprint density at radius 3 is 2.50 bits per heavy atom. The lowest BCUT2D eigenvalue weighted by molar-refractivity contribution is 0.392. The molecule has 0 aliphatic heterocycles. The summed E-state index contributed by atoms with van der Waals surface area (Å²) in [6.07, 6.45) is 0. The van der Waals surface area contributed by atoms with Gasteiger partial charge in [0.25, 0.3) is 5.89 Å². The van der Waals surface area contributed by atoms with Crippen molar-refractivity contribution in [2.45, 2.75) is 25.4 Å². The molecule has 22 heavy (non-hydrogen) atoms. The Morgan fingerprint density at radius 1 is 1.05 bits per heavy atom. The molecule has 0 aliphatic carbocycles. The molecule has 5 nitrogen and oxygen atoms in total. The van der Waals surface area contributed by atoms with Gasteiger partial charge in [-0.3, -0.25) is 0 Å². The SMILES string of the molecule is Cc1noc(C)c1-c1nc(CSCc2ccc(Cl)cc2)no1. The molecular weight excluding hydrogens is 322 g/mol. The van der Waals surface area contributed by atoms with Crippen molar-refractivity contribution in [1.82, 2.24) is 15.3 Å². The van der Waals surface area contributed by atoms with E-state index in [9.17, 15) is 0 Å². The first-order valence-electron chi connectivity index (χ1n) is 6.71. The molecule has 0 amide bonds. The molecule has 0 N–H and O–H groups in total. The topological polar surface area (TPSA) is 65.0 Å². The van der Waals surface area contributed by atoms with Gasteiger partial charge in [-0.25, -0.2) is 0 Å². The highest BCUT2D eigenvalue weighted by Crippen LogP contribution is 2.26. The minimum atomic E-state index is 0.457. The zero-order valence-corrected chi connectivity index (χ0v) is 13.7. The fraction of sp³-hybridized carbons (Fsp3) is 0.267. The third-order valence-electron chi connectivity index (χ3n) is 3.13. The molecule has 0 bridgehead atoms. The second kappa shape index (κ2) is 6.54. The van der Waals surface area contributed by atoms with E-state index in [2.05, 4.69) is 15.3 Å². The normalized spacial score (nSPS) is 11.0. The maximum atomic E-state index is 5.87. The zero-order valence-electron chi connectivity index (χ0n) is 12.2. The zero-order chi connectivity index (χ0) is 15.5. The van der Waals surface area contributed by atoms with E-state index in [-0.39, 0.29) is 0 Å². The summed E-state index contributed by atoms with van der Waals surface area (Å²) in [6, 6.07) is 7.81. The number of nitrogens with zero attached hydrogens (tertiary/aromatic N) is 3. The number of aromatic nitrogens is 3. The molecule has 0 aliphatic rings. The number of halogens is 1. The van der Waals surface area contributed by atoms with Crippen molar-refractivity contribution in [3.8, 4) is 11.5 Å². The summed E-state index contributed by atoms with van der Waals surface area (Å²) in [6.45, 7) is 3.68. The van der Waals surface area contributed by atoms with E-state index in [4.69, 9.17) is 20.6 Å². The maximum Gasteiger partial charge on any atom is 0.263 e. The van der Waals surface area contributed by atoms with E-state index in [0.29, 0.717) is 23.2 Å². The minimum absolute atomic E-state index is 0.457. The average Bonchev–Trinajstić information content (AvgIpc) is 3.08. The summed E-state index contributed by atoms with van der Waals surface area (Å²) in [5.41, 5.74) is 2.74. The van der Waals surface area contributed by atoms with Crippen LogP contribution < -0.4 is 0 Å². The summed E-state index contributed by atoms with van der Waals surface area (Å²) >= 11 is 7.58. The molecule has 114 valence electrons. The Bertz CT molecular complexity index is 748. The van der Waals surface area contributed by atoms with Crippen LogP contribution in [0.25, 0.3) is 11.5 Å². The third-order valence-corrected chi connectivity index (χ3v) is 4.38. The molecule has 0 radical (unpaired) electrons. The van der Waals surface area contributed by atoms with Gasteiger partial charge in [0.1, 0.15) is 11.3 Å². The van der Waals surface area contributed by atoms with Gasteiger partial charge in [-0.15, -0.1) is 11.8 Å². The number of thioether (sulfide) groups is 1. The van der Waals surface area contributed by atoms with Crippen LogP contribution in [-0.2, 0) is 11.5 Å². The molecule has 3 aromatic rings. The Kier molecular flexibility index (Phi) is 4.49. The van der Waals surface area contributed by atoms with E-state index >= 15 is 0 Å². The molecular formula is C15H14ClN3O2S. The van der Waals surface area contributed by atoms with Crippen molar-refractivity contribution in [2.24, 2.45) is 0 Å². The van der Waals surface area contributed by atoms with E-state index in [1.54, 1.807) is 11.8 Å². The van der Waals surface area contributed by atoms with Gasteiger partial charge in [-0.1, -0.05) is 34.0 Å². The average molecular weight is 336 g/mol. The molecule has 0 spiro atoms. The minimum Gasteiger partial charge on any atom is -0.361 e. The Hall–Kier alpha value is -1.79. The predicted octanol–water partition coefficient (Wildman–Crippen LogP) is 4.43. The van der Waals surface area contributed by atoms with E-state index < -0.39 is 0 Å². The van der Waals surface area contributed by atoms with Gasteiger partial charge >= 0.3 is 0 Å². The van der Waals surface area contributed by atoms with Gasteiger partial charge < -0.3 is 9.05 Å². The molecule has 0 unspecified atom stereocenters. The summed E-state index contributed by atoms with van der Waals surface area (Å²) in [5.74, 6) is 3.34. The van der Waals surface area contributed by atoms with Crippen LogP contribution in [0.4, 0.5) is 0 Å². The summed E-state index contributed by atoms with van der Waals surface area (Å²) in [4.78, 5) is 4.40. The van der Waals surface area contributed by atoms with Gasteiger partial charge in [0, 0.05) is 10.8 Å². The molecule has 0 atom stereocenters. The van der Waals surface area contributed by atoms with Crippen molar-refractivity contribution in [3.05, 3.63) is 52.1 Å². The molecule has 2 heterocycles. The number of aryl methyl sites for hydroxylation is 2. The molecule has 1 aromatic carbocycles. The number of benzene rings is 1. The molecule has 0 saturated heterocycles. The van der Waals surface area contributed by atoms with Crippen molar-refractivity contribution in [1.29, 1.82) is 0 Å². The summed E-state index contributed by atoms with van der Waals surface area (Å²) in [5, 5.41) is 8.64. The van der Waals surface area contributed by atoms with Crippen LogP contribution in [0, 0.1) is 13.8 Å². The summed E-state index contributed by atoms with van der Waals surface area (Å²) < 4.78 is 10.4. The highest BCUT2D eigenvalue weighted by molar-refractivity contribution is 7.97. The van der Waals surface area contributed by atoms with Crippen LogP contribution in [0.15, 0.2) is 33.3 Å². The smallest absolute Gasteiger partial charge is 0.263 e. The van der Waals surface area contributed by atoms with Gasteiger partial charge in [0.15, 0.2) is 5.82 Å². The second-order valence-electron chi connectivity index (χ2n) is 4.83. The molecule has 0 saturated carbocycles. The van der Waals surface area contributed by atoms with Crippen LogP contribution in [0.5, 0.6) is 0 Å². The first kappa shape index (κ1) is 15.1. The standard InChI is InChI=1S/C15H14ClN3O2S/c1-9-14(10(2)20-18-9)15-17-13(19-21-15)8-22-7-11-3-5-12(16)6-4-11/h3-6H,7-8H2,1-2H3. The highest BCUT2D eigenvalue weighted by Gasteiger charge is 2.18. The number of hydrogen-bond donors (Lipinski definition) is 0. The van der Waals surface area contributed by atoms with Crippen LogP contribution >= 0.6 is 23.4 Å². The lowest BCUT2D eigenvalue weighted by atomic mass is 10.2. The Labute approximate surface area is 137 Å². The first-order valence-corrected chi connectivity index (χ1v) is 8.25. The summed E-state index contributed by atoms with van der Waals surface area (Å²) in [7, 11) is 0. The number of hydrogen-bond acceptors (Lipinski definition) is 6. The van der Waals surface area contributed by atoms with E-state index in [1.807, 2.05) is 38.1 Å². The van der Waals surface area contributed by atoms with Gasteiger partial charge in [0.2, 0.25) is 0 Å².